The second-order valence-corrected chi connectivity index (χ2v) is 4.38. The zero-order valence-corrected chi connectivity index (χ0v) is 12.2. The second kappa shape index (κ2) is 9.95. The van der Waals surface area contributed by atoms with Gasteiger partial charge in [0, 0.05) is 18.6 Å². The fraction of sp³-hybridized carbons (Fsp3) is 0.909. The number of esters is 1. The minimum absolute atomic E-state index is 0. The molecule has 1 fully saturated rings. The quantitative estimate of drug-likeness (QED) is 0.798. The lowest BCUT2D eigenvalue weighted by atomic mass is 9.91. The summed E-state index contributed by atoms with van der Waals surface area (Å²) in [7, 11) is 3.51. The summed E-state index contributed by atoms with van der Waals surface area (Å²) in [6.07, 6.45) is 4.99. The molecular weight excluding hydrogens is 263 g/mol. The average molecular weight is 287 g/mol. The van der Waals surface area contributed by atoms with E-state index in [1.54, 1.807) is 0 Å². The van der Waals surface area contributed by atoms with E-state index in [-0.39, 0.29) is 30.8 Å². The summed E-state index contributed by atoms with van der Waals surface area (Å²) in [6.45, 7) is 0.784. The number of carbonyl (C=O) groups excluding carboxylic acids is 1. The molecule has 17 heavy (non-hydrogen) atoms. The van der Waals surface area contributed by atoms with Gasteiger partial charge in [0.2, 0.25) is 0 Å². The van der Waals surface area contributed by atoms with Crippen molar-refractivity contribution in [2.24, 2.45) is 5.73 Å². The second-order valence-electron chi connectivity index (χ2n) is 4.38. The Morgan fingerprint density at radius 1 is 1.29 bits per heavy atom. The number of carbonyl (C=O) groups is 1. The molecule has 0 atom stereocenters. The van der Waals surface area contributed by atoms with E-state index in [1.807, 2.05) is 0 Å². The van der Waals surface area contributed by atoms with E-state index in [4.69, 9.17) is 5.73 Å². The van der Waals surface area contributed by atoms with E-state index in [0.717, 1.165) is 32.2 Å². The van der Waals surface area contributed by atoms with Crippen LogP contribution in [0.4, 0.5) is 0 Å². The first kappa shape index (κ1) is 19.3. The fourth-order valence-electron chi connectivity index (χ4n) is 2.09. The van der Waals surface area contributed by atoms with Crippen LogP contribution < -0.4 is 5.73 Å². The van der Waals surface area contributed by atoms with E-state index in [1.165, 1.54) is 7.11 Å². The molecule has 0 aromatic heterocycles. The van der Waals surface area contributed by atoms with Crippen molar-refractivity contribution in [3.63, 3.8) is 0 Å². The molecular formula is C11H24Cl2N2O2. The van der Waals surface area contributed by atoms with Crippen LogP contribution >= 0.6 is 24.8 Å². The van der Waals surface area contributed by atoms with E-state index >= 15 is 0 Å². The molecule has 1 saturated carbocycles. The van der Waals surface area contributed by atoms with Gasteiger partial charge in [-0.2, -0.15) is 0 Å². The van der Waals surface area contributed by atoms with Crippen molar-refractivity contribution in [1.29, 1.82) is 0 Å². The summed E-state index contributed by atoms with van der Waals surface area (Å²) in [5.74, 6) is -0.130. The number of ether oxygens (including phenoxy) is 1. The first-order valence-electron chi connectivity index (χ1n) is 5.66. The Hall–Kier alpha value is -0.0300. The van der Waals surface area contributed by atoms with Gasteiger partial charge in [-0.3, -0.25) is 4.79 Å². The van der Waals surface area contributed by atoms with Crippen molar-refractivity contribution >= 4 is 30.8 Å². The maximum atomic E-state index is 11.0. The van der Waals surface area contributed by atoms with Crippen LogP contribution in [0.25, 0.3) is 0 Å². The standard InChI is InChI=1S/C11H22N2O2.2ClH/c1-13(8-7-11(14)15-2)10-5-3-9(12)4-6-10;;/h9-10H,3-8,12H2,1-2H3;2*1H. The van der Waals surface area contributed by atoms with Crippen LogP contribution in [0.5, 0.6) is 0 Å². The lowest BCUT2D eigenvalue weighted by molar-refractivity contribution is -0.141. The number of halogens is 2. The van der Waals surface area contributed by atoms with Gasteiger partial charge in [-0.1, -0.05) is 0 Å². The van der Waals surface area contributed by atoms with Gasteiger partial charge in [0.25, 0.3) is 0 Å². The molecule has 0 aliphatic heterocycles. The van der Waals surface area contributed by atoms with Gasteiger partial charge in [-0.05, 0) is 32.7 Å². The number of rotatable bonds is 4. The van der Waals surface area contributed by atoms with Crippen LogP contribution in [0.2, 0.25) is 0 Å². The van der Waals surface area contributed by atoms with Crippen molar-refractivity contribution in [1.82, 2.24) is 4.90 Å². The summed E-state index contributed by atoms with van der Waals surface area (Å²) >= 11 is 0. The van der Waals surface area contributed by atoms with Gasteiger partial charge in [0.1, 0.15) is 0 Å². The van der Waals surface area contributed by atoms with Gasteiger partial charge >= 0.3 is 5.97 Å². The Kier molecular flexibility index (Phi) is 11.3. The minimum Gasteiger partial charge on any atom is -0.469 e. The summed E-state index contributed by atoms with van der Waals surface area (Å²) in [4.78, 5) is 13.2. The SMILES string of the molecule is COC(=O)CCN(C)C1CCC(N)CC1.Cl.Cl. The number of nitrogens with two attached hydrogens (primary N) is 1. The molecule has 0 unspecified atom stereocenters. The van der Waals surface area contributed by atoms with Crippen LogP contribution in [0.15, 0.2) is 0 Å². The first-order chi connectivity index (χ1) is 7.13. The highest BCUT2D eigenvalue weighted by molar-refractivity contribution is 5.85. The average Bonchev–Trinajstić information content (AvgIpc) is 2.26. The van der Waals surface area contributed by atoms with E-state index in [9.17, 15) is 4.79 Å². The molecule has 0 spiro atoms. The Morgan fingerprint density at radius 2 is 1.82 bits per heavy atom. The molecule has 1 aliphatic rings. The van der Waals surface area contributed by atoms with Crippen molar-refractivity contribution in [3.05, 3.63) is 0 Å². The lowest BCUT2D eigenvalue weighted by Gasteiger charge is -2.33. The monoisotopic (exact) mass is 286 g/mol. The summed E-state index contributed by atoms with van der Waals surface area (Å²) in [5, 5.41) is 0. The Bertz CT molecular complexity index is 210. The van der Waals surface area contributed by atoms with E-state index < -0.39 is 0 Å². The minimum atomic E-state index is -0.130. The zero-order chi connectivity index (χ0) is 11.3. The van der Waals surface area contributed by atoms with Crippen LogP contribution in [0.3, 0.4) is 0 Å². The third kappa shape index (κ3) is 7.09. The summed E-state index contributed by atoms with van der Waals surface area (Å²) in [5.41, 5.74) is 5.85. The predicted octanol–water partition coefficient (Wildman–Crippen LogP) is 1.59. The van der Waals surface area contributed by atoms with Crippen LogP contribution in [-0.4, -0.2) is 43.7 Å². The third-order valence-corrected chi connectivity index (χ3v) is 3.26. The number of hydrogen-bond donors (Lipinski definition) is 1. The lowest BCUT2D eigenvalue weighted by Crippen LogP contribution is -2.39. The molecule has 0 bridgehead atoms. The topological polar surface area (TPSA) is 55.6 Å². The molecule has 4 nitrogen and oxygen atoms in total. The molecule has 1 aliphatic carbocycles. The molecule has 1 rings (SSSR count). The van der Waals surface area contributed by atoms with Crippen molar-refractivity contribution in [2.45, 2.75) is 44.2 Å². The van der Waals surface area contributed by atoms with Gasteiger partial charge in [-0.15, -0.1) is 24.8 Å². The van der Waals surface area contributed by atoms with Crippen LogP contribution in [0.1, 0.15) is 32.1 Å². The number of nitrogens with zero attached hydrogens (tertiary/aromatic N) is 1. The predicted molar refractivity (Wildman–Crippen MR) is 74.0 cm³/mol. The van der Waals surface area contributed by atoms with Crippen molar-refractivity contribution < 1.29 is 9.53 Å². The Morgan fingerprint density at radius 3 is 2.29 bits per heavy atom. The van der Waals surface area contributed by atoms with Crippen molar-refractivity contribution in [3.8, 4) is 0 Å². The van der Waals surface area contributed by atoms with Gasteiger partial charge in [0.15, 0.2) is 0 Å². The van der Waals surface area contributed by atoms with Gasteiger partial charge in [0.05, 0.1) is 13.5 Å². The van der Waals surface area contributed by atoms with Gasteiger partial charge in [-0.25, -0.2) is 0 Å². The molecule has 0 saturated heterocycles. The maximum absolute atomic E-state index is 11.0. The third-order valence-electron chi connectivity index (χ3n) is 3.26. The fourth-order valence-corrected chi connectivity index (χ4v) is 2.09. The zero-order valence-electron chi connectivity index (χ0n) is 10.6. The molecule has 2 N–H and O–H groups in total. The molecule has 0 aromatic rings. The first-order valence-corrected chi connectivity index (χ1v) is 5.66. The normalized spacial score (nSPS) is 23.5. The number of methoxy groups -OCH3 is 1. The highest BCUT2D eigenvalue weighted by atomic mass is 35.5. The molecule has 0 aromatic carbocycles. The largest absolute Gasteiger partial charge is 0.469 e. The highest BCUT2D eigenvalue weighted by Crippen LogP contribution is 2.21. The Labute approximate surface area is 116 Å². The number of hydrogen-bond acceptors (Lipinski definition) is 4. The van der Waals surface area contributed by atoms with Crippen LogP contribution in [-0.2, 0) is 9.53 Å². The smallest absolute Gasteiger partial charge is 0.306 e. The van der Waals surface area contributed by atoms with E-state index in [2.05, 4.69) is 16.7 Å². The molecule has 0 heterocycles. The molecule has 104 valence electrons. The van der Waals surface area contributed by atoms with E-state index in [0.29, 0.717) is 18.5 Å². The Balaban J connectivity index is 0. The summed E-state index contributed by atoms with van der Waals surface area (Å²) < 4.78 is 4.62. The van der Waals surface area contributed by atoms with Crippen molar-refractivity contribution in [2.75, 3.05) is 20.7 Å². The molecule has 0 radical (unpaired) electrons. The highest BCUT2D eigenvalue weighted by Gasteiger charge is 2.21. The molecule has 6 heteroatoms. The van der Waals surface area contributed by atoms with Gasteiger partial charge < -0.3 is 15.4 Å². The maximum Gasteiger partial charge on any atom is 0.306 e. The molecule has 0 amide bonds. The summed E-state index contributed by atoms with van der Waals surface area (Å²) in [6, 6.07) is 0.977. The van der Waals surface area contributed by atoms with Crippen LogP contribution in [0, 0.1) is 0 Å².